The van der Waals surface area contributed by atoms with Gasteiger partial charge in [0.25, 0.3) is 11.8 Å². The highest BCUT2D eigenvalue weighted by Crippen LogP contribution is 2.38. The van der Waals surface area contributed by atoms with E-state index in [9.17, 15) is 9.59 Å². The molecule has 9 nitrogen and oxygen atoms in total. The SMILES string of the molecule is Cn1c(C2CCC2)nc2cc(C(=O)N3CCN(c4ccccn4)CC3)cc(NC(=O)[C@H]3CCCO3)c21. The first-order valence-electron chi connectivity index (χ1n) is 13.0. The summed E-state index contributed by atoms with van der Waals surface area (Å²) in [7, 11) is 2.00. The van der Waals surface area contributed by atoms with Crippen LogP contribution in [0.5, 0.6) is 0 Å². The van der Waals surface area contributed by atoms with Gasteiger partial charge in [-0.15, -0.1) is 0 Å². The normalized spacial score (nSPS) is 20.5. The number of anilines is 2. The summed E-state index contributed by atoms with van der Waals surface area (Å²) in [4.78, 5) is 40.0. The Hall–Kier alpha value is -3.46. The zero-order valence-electron chi connectivity index (χ0n) is 20.7. The van der Waals surface area contributed by atoms with Gasteiger partial charge in [0.2, 0.25) is 0 Å². The summed E-state index contributed by atoms with van der Waals surface area (Å²) in [5.41, 5.74) is 2.79. The van der Waals surface area contributed by atoms with Crippen LogP contribution < -0.4 is 10.2 Å². The summed E-state index contributed by atoms with van der Waals surface area (Å²) >= 11 is 0. The average molecular weight is 489 g/mol. The Morgan fingerprint density at radius 3 is 2.56 bits per heavy atom. The number of carbonyl (C=O) groups excluding carboxylic acids is 2. The molecular formula is C27H32N6O3. The Balaban J connectivity index is 1.28. The minimum absolute atomic E-state index is 0.0407. The predicted octanol–water partition coefficient (Wildman–Crippen LogP) is 3.32. The number of carbonyl (C=O) groups is 2. The second-order valence-corrected chi connectivity index (χ2v) is 10.0. The summed E-state index contributed by atoms with van der Waals surface area (Å²) in [5, 5.41) is 3.07. The van der Waals surface area contributed by atoms with Gasteiger partial charge >= 0.3 is 0 Å². The van der Waals surface area contributed by atoms with Gasteiger partial charge < -0.3 is 24.4 Å². The number of fused-ring (bicyclic) bond motifs is 1. The van der Waals surface area contributed by atoms with Crippen LogP contribution in [0.1, 0.15) is 54.2 Å². The van der Waals surface area contributed by atoms with Gasteiger partial charge in [-0.05, 0) is 49.9 Å². The van der Waals surface area contributed by atoms with E-state index in [1.807, 2.05) is 42.3 Å². The fourth-order valence-corrected chi connectivity index (χ4v) is 5.48. The van der Waals surface area contributed by atoms with E-state index in [1.165, 1.54) is 6.42 Å². The van der Waals surface area contributed by atoms with Crippen LogP contribution in [-0.4, -0.2) is 70.1 Å². The molecule has 1 atom stereocenters. The molecule has 2 aromatic heterocycles. The second kappa shape index (κ2) is 9.54. The molecule has 1 N–H and O–H groups in total. The average Bonchev–Trinajstić information content (AvgIpc) is 3.52. The second-order valence-electron chi connectivity index (χ2n) is 10.0. The van der Waals surface area contributed by atoms with E-state index in [1.54, 1.807) is 6.20 Å². The van der Waals surface area contributed by atoms with Crippen molar-refractivity contribution in [1.82, 2.24) is 19.4 Å². The van der Waals surface area contributed by atoms with Crippen molar-refractivity contribution in [3.05, 3.63) is 47.9 Å². The van der Waals surface area contributed by atoms with Gasteiger partial charge in [0.1, 0.15) is 17.7 Å². The molecule has 0 radical (unpaired) electrons. The molecule has 0 bridgehead atoms. The van der Waals surface area contributed by atoms with E-state index in [0.717, 1.165) is 55.0 Å². The number of benzene rings is 1. The van der Waals surface area contributed by atoms with E-state index in [-0.39, 0.29) is 11.8 Å². The first-order chi connectivity index (χ1) is 17.6. The molecule has 188 valence electrons. The van der Waals surface area contributed by atoms with E-state index in [2.05, 4.69) is 19.8 Å². The van der Waals surface area contributed by atoms with Gasteiger partial charge in [-0.1, -0.05) is 12.5 Å². The zero-order valence-corrected chi connectivity index (χ0v) is 20.7. The Bertz CT molecular complexity index is 1270. The first kappa shape index (κ1) is 23.0. The third-order valence-corrected chi connectivity index (χ3v) is 7.74. The highest BCUT2D eigenvalue weighted by molar-refractivity contribution is 6.06. The number of hydrogen-bond donors (Lipinski definition) is 1. The van der Waals surface area contributed by atoms with Crippen LogP contribution in [0.2, 0.25) is 0 Å². The van der Waals surface area contributed by atoms with E-state index in [0.29, 0.717) is 43.3 Å². The van der Waals surface area contributed by atoms with Crippen molar-refractivity contribution in [2.75, 3.05) is 43.0 Å². The van der Waals surface area contributed by atoms with Gasteiger partial charge in [0.05, 0.1) is 16.7 Å². The minimum atomic E-state index is -0.446. The largest absolute Gasteiger partial charge is 0.368 e. The van der Waals surface area contributed by atoms with Crippen molar-refractivity contribution in [1.29, 1.82) is 0 Å². The van der Waals surface area contributed by atoms with Crippen LogP contribution in [0, 0.1) is 0 Å². The van der Waals surface area contributed by atoms with Gasteiger partial charge in [-0.25, -0.2) is 9.97 Å². The number of pyridine rings is 1. The molecule has 3 aromatic rings. The van der Waals surface area contributed by atoms with E-state index < -0.39 is 6.10 Å². The standard InChI is InChI=1S/C27H32N6O3/c1-31-24-20(29-25(31)18-6-4-7-18)16-19(17-21(24)30-26(34)22-8-5-15-36-22)27(35)33-13-11-32(12-14-33)23-9-2-3-10-28-23/h2-3,9-10,16-18,22H,4-8,11-15H2,1H3,(H,30,34)/t22-/m1/s1. The Morgan fingerprint density at radius 2 is 1.89 bits per heavy atom. The van der Waals surface area contributed by atoms with E-state index >= 15 is 0 Å². The number of nitrogens with one attached hydrogen (secondary N) is 1. The van der Waals surface area contributed by atoms with Crippen LogP contribution in [0.4, 0.5) is 11.5 Å². The number of ether oxygens (including phenoxy) is 1. The lowest BCUT2D eigenvalue weighted by Gasteiger charge is -2.35. The molecule has 0 spiro atoms. The Labute approximate surface area is 210 Å². The molecule has 2 aliphatic heterocycles. The van der Waals surface area contributed by atoms with Crippen molar-refractivity contribution < 1.29 is 14.3 Å². The molecule has 1 saturated carbocycles. The van der Waals surface area contributed by atoms with Crippen molar-refractivity contribution in [2.45, 2.75) is 44.1 Å². The highest BCUT2D eigenvalue weighted by Gasteiger charge is 2.30. The summed E-state index contributed by atoms with van der Waals surface area (Å²) in [6, 6.07) is 9.58. The lowest BCUT2D eigenvalue weighted by molar-refractivity contribution is -0.124. The Morgan fingerprint density at radius 1 is 1.06 bits per heavy atom. The van der Waals surface area contributed by atoms with Crippen molar-refractivity contribution >= 4 is 34.4 Å². The fourth-order valence-electron chi connectivity index (χ4n) is 5.48. The van der Waals surface area contributed by atoms with Crippen molar-refractivity contribution in [3.63, 3.8) is 0 Å². The van der Waals surface area contributed by atoms with Gasteiger partial charge in [-0.2, -0.15) is 0 Å². The molecule has 1 aliphatic carbocycles. The number of aryl methyl sites for hydroxylation is 1. The molecule has 2 amide bonds. The molecule has 6 rings (SSSR count). The molecule has 9 heteroatoms. The number of aromatic nitrogens is 3. The first-order valence-corrected chi connectivity index (χ1v) is 13.0. The van der Waals surface area contributed by atoms with E-state index in [4.69, 9.17) is 9.72 Å². The third-order valence-electron chi connectivity index (χ3n) is 7.74. The van der Waals surface area contributed by atoms with Crippen LogP contribution in [0.3, 0.4) is 0 Å². The zero-order chi connectivity index (χ0) is 24.6. The maximum absolute atomic E-state index is 13.6. The highest BCUT2D eigenvalue weighted by atomic mass is 16.5. The quantitative estimate of drug-likeness (QED) is 0.592. The smallest absolute Gasteiger partial charge is 0.254 e. The van der Waals surface area contributed by atoms with Crippen LogP contribution in [0.15, 0.2) is 36.5 Å². The number of amides is 2. The lowest BCUT2D eigenvalue weighted by atomic mass is 9.85. The van der Waals surface area contributed by atoms with Gasteiger partial charge in [0.15, 0.2) is 0 Å². The maximum Gasteiger partial charge on any atom is 0.254 e. The third kappa shape index (κ3) is 4.21. The van der Waals surface area contributed by atoms with Gasteiger partial charge in [0, 0.05) is 57.5 Å². The summed E-state index contributed by atoms with van der Waals surface area (Å²) < 4.78 is 7.69. The number of nitrogens with zero attached hydrogens (tertiary/aromatic N) is 5. The molecule has 4 heterocycles. The van der Waals surface area contributed by atoms with Crippen LogP contribution >= 0.6 is 0 Å². The number of hydrogen-bond acceptors (Lipinski definition) is 6. The molecule has 3 fully saturated rings. The topological polar surface area (TPSA) is 92.6 Å². The molecule has 1 aromatic carbocycles. The monoisotopic (exact) mass is 488 g/mol. The van der Waals surface area contributed by atoms with Crippen LogP contribution in [0.25, 0.3) is 11.0 Å². The molecule has 36 heavy (non-hydrogen) atoms. The molecule has 0 unspecified atom stereocenters. The van der Waals surface area contributed by atoms with Crippen molar-refractivity contribution in [3.8, 4) is 0 Å². The number of imidazole rings is 1. The molecule has 2 saturated heterocycles. The number of piperazine rings is 1. The summed E-state index contributed by atoms with van der Waals surface area (Å²) in [6.45, 7) is 3.28. The maximum atomic E-state index is 13.6. The summed E-state index contributed by atoms with van der Waals surface area (Å²) in [6.07, 6.45) is 6.41. The molecular weight excluding hydrogens is 456 g/mol. The fraction of sp³-hybridized carbons (Fsp3) is 0.481. The van der Waals surface area contributed by atoms with Crippen LogP contribution in [-0.2, 0) is 16.6 Å². The molecule has 3 aliphatic rings. The summed E-state index contributed by atoms with van der Waals surface area (Å²) in [5.74, 6) is 2.19. The Kier molecular flexibility index (Phi) is 6.08. The predicted molar refractivity (Wildman–Crippen MR) is 137 cm³/mol. The lowest BCUT2D eigenvalue weighted by Crippen LogP contribution is -2.49. The van der Waals surface area contributed by atoms with Crippen molar-refractivity contribution in [2.24, 2.45) is 7.05 Å². The van der Waals surface area contributed by atoms with Gasteiger partial charge in [-0.3, -0.25) is 9.59 Å². The number of rotatable bonds is 5. The minimum Gasteiger partial charge on any atom is -0.368 e.